The van der Waals surface area contributed by atoms with E-state index >= 15 is 0 Å². The summed E-state index contributed by atoms with van der Waals surface area (Å²) in [4.78, 5) is 4.23. The van der Waals surface area contributed by atoms with E-state index in [0.717, 1.165) is 30.7 Å². The Balaban J connectivity index is 2.54. The van der Waals surface area contributed by atoms with Crippen LogP contribution in [-0.2, 0) is 9.84 Å². The molecule has 0 amide bonds. The molecule has 1 aromatic rings. The summed E-state index contributed by atoms with van der Waals surface area (Å²) in [5.41, 5.74) is 0. The number of aliphatic hydroxyl groups is 1. The number of hydrogen-bond donors (Lipinski definition) is 3. The van der Waals surface area contributed by atoms with Crippen LogP contribution in [0.2, 0.25) is 0 Å². The number of guanidine groups is 1. The largest absolute Gasteiger partial charge is 0.390 e. The molecule has 0 saturated heterocycles. The summed E-state index contributed by atoms with van der Waals surface area (Å²) in [5.74, 6) is 0.286. The average molecular weight is 348 g/mol. The fourth-order valence-corrected chi connectivity index (χ4v) is 4.22. The number of unbranched alkanes of at least 4 members (excludes halogenated alkanes) is 1. The van der Waals surface area contributed by atoms with Crippen molar-refractivity contribution in [3.05, 3.63) is 17.5 Å². The number of nitrogens with one attached hydrogen (secondary N) is 2. The van der Waals surface area contributed by atoms with Crippen molar-refractivity contribution in [3.63, 3.8) is 0 Å². The molecule has 0 aromatic carbocycles. The average Bonchev–Trinajstić information content (AvgIpc) is 2.99. The summed E-state index contributed by atoms with van der Waals surface area (Å²) in [5, 5.41) is 17.9. The molecule has 0 saturated carbocycles. The second kappa shape index (κ2) is 9.81. The second-order valence-corrected chi connectivity index (χ2v) is 8.08. The maximum Gasteiger partial charge on any atom is 0.191 e. The van der Waals surface area contributed by atoms with Crippen molar-refractivity contribution in [2.24, 2.45) is 4.99 Å². The fraction of sp³-hybridized carbons (Fsp3) is 0.643. The molecule has 0 bridgehead atoms. The van der Waals surface area contributed by atoms with Gasteiger partial charge in [0.05, 0.1) is 18.4 Å². The fourth-order valence-electron chi connectivity index (χ4n) is 1.75. The zero-order chi connectivity index (χ0) is 16.4. The van der Waals surface area contributed by atoms with Crippen molar-refractivity contribution < 1.29 is 13.5 Å². The van der Waals surface area contributed by atoms with Crippen LogP contribution in [0.15, 0.2) is 26.7 Å². The summed E-state index contributed by atoms with van der Waals surface area (Å²) in [6.07, 6.45) is 1.09. The molecule has 3 N–H and O–H groups in total. The van der Waals surface area contributed by atoms with E-state index < -0.39 is 15.9 Å². The molecule has 1 unspecified atom stereocenters. The predicted molar refractivity (Wildman–Crippen MR) is 91.3 cm³/mol. The van der Waals surface area contributed by atoms with Crippen molar-refractivity contribution in [2.75, 3.05) is 25.4 Å². The van der Waals surface area contributed by atoms with Crippen molar-refractivity contribution in [2.45, 2.75) is 37.0 Å². The standard InChI is InChI=1S/C14H25N3O3S2/c1-3-5-8-16-14(15-4-2)17-10-12(18)11-22(19,20)13-7-6-9-21-13/h6-7,9,12,18H,3-5,8,10-11H2,1-2H3,(H2,15,16,17). The number of rotatable bonds is 9. The minimum atomic E-state index is -3.44. The summed E-state index contributed by atoms with van der Waals surface area (Å²) in [6, 6.07) is 3.23. The van der Waals surface area contributed by atoms with Gasteiger partial charge in [-0.15, -0.1) is 11.3 Å². The number of nitrogens with zero attached hydrogens (tertiary/aromatic N) is 1. The second-order valence-electron chi connectivity index (χ2n) is 4.87. The van der Waals surface area contributed by atoms with Crippen LogP contribution in [0.1, 0.15) is 26.7 Å². The van der Waals surface area contributed by atoms with Crippen LogP contribution in [0.4, 0.5) is 0 Å². The van der Waals surface area contributed by atoms with Crippen LogP contribution < -0.4 is 10.6 Å². The van der Waals surface area contributed by atoms with E-state index in [4.69, 9.17) is 0 Å². The van der Waals surface area contributed by atoms with Crippen LogP contribution in [0.25, 0.3) is 0 Å². The van der Waals surface area contributed by atoms with Crippen molar-refractivity contribution in [1.82, 2.24) is 10.6 Å². The highest BCUT2D eigenvalue weighted by molar-refractivity contribution is 7.93. The molecule has 0 spiro atoms. The third-order valence-corrected chi connectivity index (χ3v) is 6.13. The van der Waals surface area contributed by atoms with Gasteiger partial charge in [-0.2, -0.15) is 0 Å². The van der Waals surface area contributed by atoms with Gasteiger partial charge in [-0.05, 0) is 24.8 Å². The number of thiophene rings is 1. The minimum Gasteiger partial charge on any atom is -0.390 e. The smallest absolute Gasteiger partial charge is 0.191 e. The van der Waals surface area contributed by atoms with Gasteiger partial charge in [-0.1, -0.05) is 19.4 Å². The van der Waals surface area contributed by atoms with Gasteiger partial charge in [-0.25, -0.2) is 8.42 Å². The van der Waals surface area contributed by atoms with Crippen molar-refractivity contribution >= 4 is 27.1 Å². The zero-order valence-electron chi connectivity index (χ0n) is 13.1. The first-order valence-electron chi connectivity index (χ1n) is 7.46. The van der Waals surface area contributed by atoms with E-state index in [1.165, 1.54) is 0 Å². The van der Waals surface area contributed by atoms with Crippen LogP contribution in [0.3, 0.4) is 0 Å². The maximum absolute atomic E-state index is 12.1. The molecule has 0 radical (unpaired) electrons. The van der Waals surface area contributed by atoms with Gasteiger partial charge in [0.25, 0.3) is 0 Å². The Morgan fingerprint density at radius 2 is 2.18 bits per heavy atom. The molecule has 0 aliphatic heterocycles. The highest BCUT2D eigenvalue weighted by atomic mass is 32.2. The van der Waals surface area contributed by atoms with Gasteiger partial charge in [0.15, 0.2) is 15.8 Å². The summed E-state index contributed by atoms with van der Waals surface area (Å²) in [7, 11) is -3.44. The molecule has 1 rings (SSSR count). The highest BCUT2D eigenvalue weighted by Gasteiger charge is 2.20. The molecule has 126 valence electrons. The lowest BCUT2D eigenvalue weighted by Gasteiger charge is -2.12. The molecule has 0 fully saturated rings. The van der Waals surface area contributed by atoms with Crippen molar-refractivity contribution in [3.8, 4) is 0 Å². The maximum atomic E-state index is 12.1. The first-order chi connectivity index (χ1) is 10.5. The molecule has 1 aromatic heterocycles. The SMILES string of the molecule is CCCCNC(=NCC(O)CS(=O)(=O)c1cccs1)NCC. The third-order valence-electron chi connectivity index (χ3n) is 2.84. The van der Waals surface area contributed by atoms with E-state index in [1.54, 1.807) is 17.5 Å². The Morgan fingerprint density at radius 1 is 1.41 bits per heavy atom. The summed E-state index contributed by atoms with van der Waals surface area (Å²) in [6.45, 7) is 5.61. The van der Waals surface area contributed by atoms with Gasteiger partial charge in [0.1, 0.15) is 4.21 Å². The van der Waals surface area contributed by atoms with Crippen LogP contribution in [-0.4, -0.2) is 51.0 Å². The van der Waals surface area contributed by atoms with E-state index in [1.807, 2.05) is 6.92 Å². The third kappa shape index (κ3) is 6.76. The zero-order valence-corrected chi connectivity index (χ0v) is 14.7. The van der Waals surface area contributed by atoms with Gasteiger partial charge in [-0.3, -0.25) is 4.99 Å². The molecule has 6 nitrogen and oxygen atoms in total. The topological polar surface area (TPSA) is 90.8 Å². The van der Waals surface area contributed by atoms with Gasteiger partial charge >= 0.3 is 0 Å². The first kappa shape index (κ1) is 18.9. The molecular formula is C14H25N3O3S2. The highest BCUT2D eigenvalue weighted by Crippen LogP contribution is 2.18. The molecule has 8 heteroatoms. The molecule has 0 aliphatic rings. The van der Waals surface area contributed by atoms with E-state index in [-0.39, 0.29) is 16.5 Å². The number of sulfone groups is 1. The Kier molecular flexibility index (Phi) is 8.44. The Hall–Kier alpha value is -1.12. The lowest BCUT2D eigenvalue weighted by atomic mass is 10.3. The Morgan fingerprint density at radius 3 is 2.77 bits per heavy atom. The van der Waals surface area contributed by atoms with E-state index in [9.17, 15) is 13.5 Å². The lowest BCUT2D eigenvalue weighted by Crippen LogP contribution is -2.38. The number of hydrogen-bond acceptors (Lipinski definition) is 5. The summed E-state index contributed by atoms with van der Waals surface area (Å²) < 4.78 is 24.4. The molecular weight excluding hydrogens is 322 g/mol. The molecule has 1 atom stereocenters. The Bertz CT molecular complexity index is 542. The monoisotopic (exact) mass is 347 g/mol. The molecule has 22 heavy (non-hydrogen) atoms. The molecule has 1 heterocycles. The van der Waals surface area contributed by atoms with E-state index in [0.29, 0.717) is 12.5 Å². The minimum absolute atomic E-state index is 0.0477. The molecule has 0 aliphatic carbocycles. The quantitative estimate of drug-likeness (QED) is 0.355. The van der Waals surface area contributed by atoms with Gasteiger partial charge in [0, 0.05) is 13.1 Å². The normalized spacial score (nSPS) is 13.9. The van der Waals surface area contributed by atoms with Crippen LogP contribution >= 0.6 is 11.3 Å². The Labute approximate surface area is 136 Å². The van der Waals surface area contributed by atoms with Crippen LogP contribution in [0, 0.1) is 0 Å². The van der Waals surface area contributed by atoms with E-state index in [2.05, 4.69) is 22.5 Å². The first-order valence-corrected chi connectivity index (χ1v) is 9.99. The predicted octanol–water partition coefficient (Wildman–Crippen LogP) is 1.24. The number of aliphatic imine (C=N–C) groups is 1. The van der Waals surface area contributed by atoms with Gasteiger partial charge < -0.3 is 15.7 Å². The van der Waals surface area contributed by atoms with Crippen molar-refractivity contribution in [1.29, 1.82) is 0 Å². The lowest BCUT2D eigenvalue weighted by molar-refractivity contribution is 0.206. The summed E-state index contributed by atoms with van der Waals surface area (Å²) >= 11 is 1.16. The van der Waals surface area contributed by atoms with Gasteiger partial charge in [0.2, 0.25) is 0 Å². The number of aliphatic hydroxyl groups excluding tert-OH is 1. The van der Waals surface area contributed by atoms with Crippen LogP contribution in [0.5, 0.6) is 0 Å².